The molecule has 5 nitrogen and oxygen atoms in total. The minimum absolute atomic E-state index is 0.107. The molecule has 22 heavy (non-hydrogen) atoms. The summed E-state index contributed by atoms with van der Waals surface area (Å²) >= 11 is 0. The summed E-state index contributed by atoms with van der Waals surface area (Å²) in [4.78, 5) is 18.9. The van der Waals surface area contributed by atoms with Crippen LogP contribution in [0.3, 0.4) is 0 Å². The summed E-state index contributed by atoms with van der Waals surface area (Å²) < 4.78 is 4.25. The van der Waals surface area contributed by atoms with Crippen LogP contribution in [0.5, 0.6) is 0 Å². The van der Waals surface area contributed by atoms with E-state index in [-0.39, 0.29) is 5.91 Å². The van der Waals surface area contributed by atoms with Crippen LogP contribution in [0.2, 0.25) is 0 Å². The maximum absolute atomic E-state index is 12.7. The van der Waals surface area contributed by atoms with Crippen LogP contribution in [0.15, 0.2) is 30.7 Å². The molecule has 3 rings (SSSR count). The molecule has 2 aromatic rings. The van der Waals surface area contributed by atoms with Gasteiger partial charge in [0.15, 0.2) is 0 Å². The summed E-state index contributed by atoms with van der Waals surface area (Å²) in [6, 6.07) is 4.15. The average Bonchev–Trinajstić information content (AvgIpc) is 3.14. The lowest BCUT2D eigenvalue weighted by Gasteiger charge is -2.28. The number of amides is 1. The van der Waals surface area contributed by atoms with Gasteiger partial charge < -0.3 is 14.0 Å². The number of hydrogen-bond acceptors (Lipinski definition) is 2. The predicted octanol–water partition coefficient (Wildman–Crippen LogP) is 2.60. The van der Waals surface area contributed by atoms with Crippen LogP contribution in [0, 0.1) is 5.92 Å². The number of rotatable bonds is 4. The summed E-state index contributed by atoms with van der Waals surface area (Å²) in [5.41, 5.74) is 0.775. The normalized spacial score (nSPS) is 17.5. The van der Waals surface area contributed by atoms with Crippen molar-refractivity contribution >= 4 is 5.91 Å². The van der Waals surface area contributed by atoms with Crippen LogP contribution in [0.1, 0.15) is 42.6 Å². The number of imidazole rings is 1. The van der Waals surface area contributed by atoms with Gasteiger partial charge in [-0.1, -0.05) is 0 Å². The quantitative estimate of drug-likeness (QED) is 0.871. The van der Waals surface area contributed by atoms with Crippen LogP contribution in [-0.2, 0) is 13.0 Å². The molecule has 3 heterocycles. The minimum atomic E-state index is 0.107. The Morgan fingerprint density at radius 2 is 2.27 bits per heavy atom. The average molecular weight is 300 g/mol. The molecular weight excluding hydrogens is 276 g/mol. The Morgan fingerprint density at radius 1 is 1.45 bits per heavy atom. The van der Waals surface area contributed by atoms with Crippen LogP contribution < -0.4 is 0 Å². The van der Waals surface area contributed by atoms with E-state index >= 15 is 0 Å². The van der Waals surface area contributed by atoms with E-state index in [0.29, 0.717) is 12.0 Å². The van der Waals surface area contributed by atoms with Crippen molar-refractivity contribution < 1.29 is 4.79 Å². The van der Waals surface area contributed by atoms with Crippen LogP contribution >= 0.6 is 0 Å². The molecule has 0 radical (unpaired) electrons. The molecule has 1 aliphatic rings. The monoisotopic (exact) mass is 300 g/mol. The molecule has 1 atom stereocenters. The Kier molecular flexibility index (Phi) is 4.05. The molecular formula is C17H24N4O. The Balaban J connectivity index is 1.66. The Bertz CT molecular complexity index is 655. The first-order valence-corrected chi connectivity index (χ1v) is 7.98. The molecule has 0 saturated heterocycles. The lowest BCUT2D eigenvalue weighted by Crippen LogP contribution is -2.36. The molecule has 0 aliphatic carbocycles. The van der Waals surface area contributed by atoms with E-state index < -0.39 is 0 Å². The fourth-order valence-electron chi connectivity index (χ4n) is 3.28. The first-order valence-electron chi connectivity index (χ1n) is 7.98. The van der Waals surface area contributed by atoms with Crippen molar-refractivity contribution in [2.24, 2.45) is 5.92 Å². The molecule has 0 bridgehead atoms. The second kappa shape index (κ2) is 5.99. The predicted molar refractivity (Wildman–Crippen MR) is 85.8 cm³/mol. The van der Waals surface area contributed by atoms with Crippen molar-refractivity contribution in [2.75, 3.05) is 13.6 Å². The SMILES string of the molecule is CC(C)n1cccc1C(=O)N(C)C[C@H]1CCc2nccn2C1. The summed E-state index contributed by atoms with van der Waals surface area (Å²) in [6.45, 7) is 5.94. The van der Waals surface area contributed by atoms with E-state index in [4.69, 9.17) is 0 Å². The summed E-state index contributed by atoms with van der Waals surface area (Å²) in [6.07, 6.45) is 7.97. The molecule has 0 N–H and O–H groups in total. The van der Waals surface area contributed by atoms with Crippen molar-refractivity contribution in [1.82, 2.24) is 19.0 Å². The third-order valence-corrected chi connectivity index (χ3v) is 4.47. The van der Waals surface area contributed by atoms with Crippen molar-refractivity contribution in [2.45, 2.75) is 39.3 Å². The molecule has 5 heteroatoms. The third-order valence-electron chi connectivity index (χ3n) is 4.47. The van der Waals surface area contributed by atoms with Crippen LogP contribution in [0.4, 0.5) is 0 Å². The largest absolute Gasteiger partial charge is 0.341 e. The molecule has 0 saturated carbocycles. The zero-order valence-electron chi connectivity index (χ0n) is 13.6. The second-order valence-corrected chi connectivity index (χ2v) is 6.48. The molecule has 2 aromatic heterocycles. The highest BCUT2D eigenvalue weighted by atomic mass is 16.2. The van der Waals surface area contributed by atoms with Gasteiger partial charge in [-0.3, -0.25) is 4.79 Å². The van der Waals surface area contributed by atoms with Gasteiger partial charge >= 0.3 is 0 Å². The van der Waals surface area contributed by atoms with Crippen LogP contribution in [0.25, 0.3) is 0 Å². The Labute approximate surface area is 131 Å². The van der Waals surface area contributed by atoms with Crippen molar-refractivity contribution in [3.05, 3.63) is 42.2 Å². The van der Waals surface area contributed by atoms with Gasteiger partial charge in [-0.05, 0) is 38.3 Å². The molecule has 1 amide bonds. The summed E-state index contributed by atoms with van der Waals surface area (Å²) in [5, 5.41) is 0. The standard InChI is InChI=1S/C17H24N4O/c1-13(2)21-9-4-5-15(21)17(22)19(3)11-14-6-7-16-18-8-10-20(16)12-14/h4-5,8-10,13-14H,6-7,11-12H2,1-3H3/t14-/m1/s1. The lowest BCUT2D eigenvalue weighted by atomic mass is 9.99. The van der Waals surface area contributed by atoms with Gasteiger partial charge in [0, 0.05) is 51.2 Å². The van der Waals surface area contributed by atoms with Crippen molar-refractivity contribution in [3.63, 3.8) is 0 Å². The van der Waals surface area contributed by atoms with Crippen LogP contribution in [-0.4, -0.2) is 38.5 Å². The maximum atomic E-state index is 12.7. The Morgan fingerprint density at radius 3 is 3.05 bits per heavy atom. The molecule has 0 aromatic carbocycles. The molecule has 0 spiro atoms. The zero-order valence-corrected chi connectivity index (χ0v) is 13.6. The first-order chi connectivity index (χ1) is 10.6. The summed E-state index contributed by atoms with van der Waals surface area (Å²) in [7, 11) is 1.91. The first kappa shape index (κ1) is 14.9. The number of hydrogen-bond donors (Lipinski definition) is 0. The molecule has 1 aliphatic heterocycles. The third kappa shape index (κ3) is 2.80. The highest BCUT2D eigenvalue weighted by molar-refractivity contribution is 5.92. The molecule has 118 valence electrons. The van der Waals surface area contributed by atoms with Gasteiger partial charge in [0.2, 0.25) is 0 Å². The van der Waals surface area contributed by atoms with E-state index in [9.17, 15) is 4.79 Å². The number of carbonyl (C=O) groups is 1. The van der Waals surface area contributed by atoms with E-state index in [1.165, 1.54) is 5.82 Å². The van der Waals surface area contributed by atoms with E-state index in [2.05, 4.69) is 23.4 Å². The summed E-state index contributed by atoms with van der Waals surface area (Å²) in [5.74, 6) is 1.77. The molecule has 0 fully saturated rings. The maximum Gasteiger partial charge on any atom is 0.270 e. The van der Waals surface area contributed by atoms with Gasteiger partial charge in [0.1, 0.15) is 11.5 Å². The number of fused-ring (bicyclic) bond motifs is 1. The second-order valence-electron chi connectivity index (χ2n) is 6.48. The van der Waals surface area contributed by atoms with Crippen molar-refractivity contribution in [1.29, 1.82) is 0 Å². The highest BCUT2D eigenvalue weighted by Crippen LogP contribution is 2.20. The van der Waals surface area contributed by atoms with Gasteiger partial charge in [0.05, 0.1) is 0 Å². The lowest BCUT2D eigenvalue weighted by molar-refractivity contribution is 0.0748. The Hall–Kier alpha value is -2.04. The topological polar surface area (TPSA) is 43.1 Å². The van der Waals surface area contributed by atoms with E-state index in [1.807, 2.05) is 47.2 Å². The fraction of sp³-hybridized carbons (Fsp3) is 0.529. The van der Waals surface area contributed by atoms with Crippen molar-refractivity contribution in [3.8, 4) is 0 Å². The minimum Gasteiger partial charge on any atom is -0.341 e. The fourth-order valence-corrected chi connectivity index (χ4v) is 3.28. The van der Waals surface area contributed by atoms with Gasteiger partial charge in [-0.15, -0.1) is 0 Å². The zero-order chi connectivity index (χ0) is 15.7. The van der Waals surface area contributed by atoms with E-state index in [1.54, 1.807) is 0 Å². The number of carbonyl (C=O) groups excluding carboxylic acids is 1. The highest BCUT2D eigenvalue weighted by Gasteiger charge is 2.23. The number of nitrogens with zero attached hydrogens (tertiary/aromatic N) is 4. The molecule has 0 unspecified atom stereocenters. The number of aryl methyl sites for hydroxylation is 1. The van der Waals surface area contributed by atoms with Gasteiger partial charge in [0.25, 0.3) is 5.91 Å². The van der Waals surface area contributed by atoms with Gasteiger partial charge in [-0.25, -0.2) is 4.98 Å². The smallest absolute Gasteiger partial charge is 0.270 e. The number of aromatic nitrogens is 3. The van der Waals surface area contributed by atoms with E-state index in [0.717, 1.165) is 31.6 Å². The van der Waals surface area contributed by atoms with Gasteiger partial charge in [-0.2, -0.15) is 0 Å².